The number of hydrogen-bond donors (Lipinski definition) is 2. The largest absolute Gasteiger partial charge is 0.478 e. The molecule has 0 spiro atoms. The van der Waals surface area contributed by atoms with Crippen molar-refractivity contribution < 1.29 is 14.7 Å². The maximum absolute atomic E-state index is 11.3. The Labute approximate surface area is 115 Å². The topological polar surface area (TPSA) is 92.2 Å². The first kappa shape index (κ1) is 13.8. The highest BCUT2D eigenvalue weighted by Gasteiger charge is 2.29. The van der Waals surface area contributed by atoms with Crippen LogP contribution in [0.15, 0.2) is 5.03 Å². The molecule has 6 nitrogen and oxygen atoms in total. The molecule has 0 aromatic carbocycles. The molecule has 1 heterocycles. The quantitative estimate of drug-likeness (QED) is 0.622. The first-order chi connectivity index (χ1) is 9.02. The van der Waals surface area contributed by atoms with Crippen molar-refractivity contribution in [2.24, 2.45) is 0 Å². The zero-order chi connectivity index (χ0) is 14.0. The van der Waals surface area contributed by atoms with Crippen LogP contribution in [0.4, 0.5) is 0 Å². The van der Waals surface area contributed by atoms with Gasteiger partial charge in [0.15, 0.2) is 0 Å². The van der Waals surface area contributed by atoms with Gasteiger partial charge in [-0.1, -0.05) is 11.8 Å². The van der Waals surface area contributed by atoms with Crippen molar-refractivity contribution in [2.45, 2.75) is 30.7 Å². The fourth-order valence-electron chi connectivity index (χ4n) is 1.65. The van der Waals surface area contributed by atoms with E-state index in [1.807, 2.05) is 0 Å². The third-order valence-corrected chi connectivity index (χ3v) is 3.82. The first-order valence-corrected chi connectivity index (χ1v) is 6.96. The van der Waals surface area contributed by atoms with E-state index in [9.17, 15) is 14.7 Å². The lowest BCUT2D eigenvalue weighted by Crippen LogP contribution is -2.20. The summed E-state index contributed by atoms with van der Waals surface area (Å²) in [5.74, 6) is -0.0233. The normalized spacial score (nSPS) is 14.2. The minimum atomic E-state index is -1.06. The van der Waals surface area contributed by atoms with Gasteiger partial charge in [0.05, 0.1) is 11.4 Å². The van der Waals surface area contributed by atoms with E-state index >= 15 is 0 Å². The molecule has 102 valence electrons. The van der Waals surface area contributed by atoms with E-state index in [-0.39, 0.29) is 17.2 Å². The van der Waals surface area contributed by atoms with E-state index in [0.717, 1.165) is 24.6 Å². The number of aryl methyl sites for hydroxylation is 1. The highest BCUT2D eigenvalue weighted by molar-refractivity contribution is 8.00. The van der Waals surface area contributed by atoms with E-state index < -0.39 is 5.97 Å². The van der Waals surface area contributed by atoms with Crippen LogP contribution in [0.3, 0.4) is 0 Å². The summed E-state index contributed by atoms with van der Waals surface area (Å²) in [5, 5.41) is 12.1. The zero-order valence-electron chi connectivity index (χ0n) is 10.8. The number of amides is 1. The Balaban J connectivity index is 2.30. The number of aromatic nitrogens is 2. The number of carbonyl (C=O) groups is 2. The Morgan fingerprint density at radius 2 is 2.11 bits per heavy atom. The van der Waals surface area contributed by atoms with Crippen LogP contribution in [-0.4, -0.2) is 39.8 Å². The number of carboxylic acid groups (broad SMARTS) is 1. The van der Waals surface area contributed by atoms with Gasteiger partial charge in [0.1, 0.15) is 16.4 Å². The van der Waals surface area contributed by atoms with Crippen molar-refractivity contribution in [1.82, 2.24) is 15.3 Å². The van der Waals surface area contributed by atoms with E-state index in [1.165, 1.54) is 0 Å². The molecule has 1 aliphatic rings. The molecule has 1 aromatic rings. The lowest BCUT2D eigenvalue weighted by Gasteiger charge is -2.09. The molecule has 1 aromatic heterocycles. The van der Waals surface area contributed by atoms with Crippen LogP contribution in [0.2, 0.25) is 0 Å². The van der Waals surface area contributed by atoms with E-state index in [1.54, 1.807) is 14.0 Å². The number of carboxylic acids is 1. The molecule has 1 amide bonds. The molecule has 0 aliphatic heterocycles. The molecule has 1 aliphatic carbocycles. The summed E-state index contributed by atoms with van der Waals surface area (Å²) in [6.45, 7) is 1.67. The molecular weight excluding hydrogens is 266 g/mol. The summed E-state index contributed by atoms with van der Waals surface area (Å²) in [5.41, 5.74) is 0.558. The van der Waals surface area contributed by atoms with Gasteiger partial charge in [0, 0.05) is 13.0 Å². The minimum absolute atomic E-state index is 0.0957. The number of nitrogens with zero attached hydrogens (tertiary/aromatic N) is 2. The van der Waals surface area contributed by atoms with E-state index in [0.29, 0.717) is 22.5 Å². The molecule has 0 saturated heterocycles. The fraction of sp³-hybridized carbons (Fsp3) is 0.500. The van der Waals surface area contributed by atoms with Crippen LogP contribution in [-0.2, 0) is 4.79 Å². The molecule has 2 N–H and O–H groups in total. The monoisotopic (exact) mass is 281 g/mol. The van der Waals surface area contributed by atoms with Gasteiger partial charge in [-0.25, -0.2) is 14.8 Å². The number of thioether (sulfide) groups is 1. The number of rotatable bonds is 5. The highest BCUT2D eigenvalue weighted by atomic mass is 32.2. The summed E-state index contributed by atoms with van der Waals surface area (Å²) in [6, 6.07) is 0. The summed E-state index contributed by atoms with van der Waals surface area (Å²) in [6.07, 6.45) is 2.09. The Morgan fingerprint density at radius 3 is 2.63 bits per heavy atom. The van der Waals surface area contributed by atoms with Crippen LogP contribution in [0, 0.1) is 6.92 Å². The molecule has 2 rings (SSSR count). The zero-order valence-corrected chi connectivity index (χ0v) is 11.6. The second-order valence-electron chi connectivity index (χ2n) is 4.39. The Morgan fingerprint density at radius 1 is 1.42 bits per heavy atom. The molecule has 0 unspecified atom stereocenters. The Bertz CT molecular complexity index is 529. The maximum atomic E-state index is 11.3. The van der Waals surface area contributed by atoms with Crippen LogP contribution >= 0.6 is 11.8 Å². The molecule has 19 heavy (non-hydrogen) atoms. The lowest BCUT2D eigenvalue weighted by molar-refractivity contribution is -0.118. The second kappa shape index (κ2) is 5.56. The van der Waals surface area contributed by atoms with E-state index in [4.69, 9.17) is 0 Å². The number of hydrogen-bond acceptors (Lipinski definition) is 5. The number of carbonyl (C=O) groups excluding carboxylic acids is 1. The van der Waals surface area contributed by atoms with Gasteiger partial charge in [-0.05, 0) is 19.8 Å². The predicted octanol–water partition coefficient (Wildman–Crippen LogP) is 1.20. The Hall–Kier alpha value is -1.63. The third kappa shape index (κ3) is 3.23. The molecule has 1 saturated carbocycles. The van der Waals surface area contributed by atoms with Crippen molar-refractivity contribution in [3.8, 4) is 0 Å². The molecule has 1 fully saturated rings. The lowest BCUT2D eigenvalue weighted by atomic mass is 10.2. The van der Waals surface area contributed by atoms with Crippen molar-refractivity contribution in [3.05, 3.63) is 17.1 Å². The van der Waals surface area contributed by atoms with Gasteiger partial charge in [0.25, 0.3) is 0 Å². The summed E-state index contributed by atoms with van der Waals surface area (Å²) in [7, 11) is 1.54. The second-order valence-corrected chi connectivity index (χ2v) is 5.35. The van der Waals surface area contributed by atoms with Gasteiger partial charge in [-0.15, -0.1) is 0 Å². The molecule has 0 atom stereocenters. The third-order valence-electron chi connectivity index (χ3n) is 2.85. The van der Waals surface area contributed by atoms with Crippen LogP contribution in [0.5, 0.6) is 0 Å². The number of nitrogens with one attached hydrogen (secondary N) is 1. The number of aromatic carboxylic acids is 1. The van der Waals surface area contributed by atoms with Gasteiger partial charge in [-0.2, -0.15) is 0 Å². The fourth-order valence-corrected chi connectivity index (χ4v) is 2.60. The average molecular weight is 281 g/mol. The SMILES string of the molecule is CNC(=O)CSc1nc(C2CC2)nc(C)c1C(=O)O. The summed E-state index contributed by atoms with van der Waals surface area (Å²) >= 11 is 1.14. The van der Waals surface area contributed by atoms with Gasteiger partial charge in [0.2, 0.25) is 5.91 Å². The van der Waals surface area contributed by atoms with Gasteiger partial charge >= 0.3 is 5.97 Å². The van der Waals surface area contributed by atoms with E-state index in [2.05, 4.69) is 15.3 Å². The highest BCUT2D eigenvalue weighted by Crippen LogP contribution is 2.39. The van der Waals surface area contributed by atoms with Crippen molar-refractivity contribution in [2.75, 3.05) is 12.8 Å². The first-order valence-electron chi connectivity index (χ1n) is 5.98. The minimum Gasteiger partial charge on any atom is -0.478 e. The maximum Gasteiger partial charge on any atom is 0.340 e. The Kier molecular flexibility index (Phi) is 4.04. The van der Waals surface area contributed by atoms with Crippen molar-refractivity contribution >= 4 is 23.6 Å². The van der Waals surface area contributed by atoms with Crippen LogP contribution in [0.25, 0.3) is 0 Å². The molecule has 7 heteroatoms. The van der Waals surface area contributed by atoms with Gasteiger partial charge in [-0.3, -0.25) is 4.79 Å². The molecular formula is C12H15N3O3S. The van der Waals surface area contributed by atoms with Crippen molar-refractivity contribution in [3.63, 3.8) is 0 Å². The van der Waals surface area contributed by atoms with Crippen LogP contribution in [0.1, 0.15) is 40.6 Å². The van der Waals surface area contributed by atoms with Gasteiger partial charge < -0.3 is 10.4 Å². The average Bonchev–Trinajstić information content (AvgIpc) is 3.18. The smallest absolute Gasteiger partial charge is 0.340 e. The summed E-state index contributed by atoms with van der Waals surface area (Å²) in [4.78, 5) is 31.1. The van der Waals surface area contributed by atoms with Crippen LogP contribution < -0.4 is 5.32 Å². The van der Waals surface area contributed by atoms with Crippen molar-refractivity contribution in [1.29, 1.82) is 0 Å². The molecule has 0 bridgehead atoms. The predicted molar refractivity (Wildman–Crippen MR) is 70.5 cm³/mol. The standard InChI is InChI=1S/C12H15N3O3S/c1-6-9(12(17)18)11(19-5-8(16)13-2)15-10(14-6)7-3-4-7/h7H,3-5H2,1-2H3,(H,13,16)(H,17,18). The molecule has 0 radical (unpaired) electrons. The summed E-state index contributed by atoms with van der Waals surface area (Å²) < 4.78 is 0.